The summed E-state index contributed by atoms with van der Waals surface area (Å²) in [5, 5.41) is 8.98. The largest absolute Gasteiger partial charge is 0.481 e. The van der Waals surface area contributed by atoms with Crippen molar-refractivity contribution in [3.8, 4) is 11.3 Å². The molecule has 0 atom stereocenters. The van der Waals surface area contributed by atoms with Gasteiger partial charge in [0.2, 0.25) is 10.0 Å². The molecular formula is C27H25N3O4S. The monoisotopic (exact) mass is 487 g/mol. The molecule has 178 valence electrons. The summed E-state index contributed by atoms with van der Waals surface area (Å²) >= 11 is 0. The van der Waals surface area contributed by atoms with Crippen LogP contribution < -0.4 is 0 Å². The molecule has 8 heteroatoms. The molecule has 1 N–H and O–H groups in total. The van der Waals surface area contributed by atoms with Crippen molar-refractivity contribution in [2.45, 2.75) is 30.8 Å². The van der Waals surface area contributed by atoms with Gasteiger partial charge in [-0.1, -0.05) is 66.7 Å². The van der Waals surface area contributed by atoms with E-state index in [1.165, 1.54) is 4.31 Å². The molecule has 4 rings (SSSR count). The van der Waals surface area contributed by atoms with E-state index < -0.39 is 16.0 Å². The number of hydrogen-bond acceptors (Lipinski definition) is 5. The standard InChI is InChI=1S/C27H25N3O4S/c31-27(32)14-11-21-5-4-6-23(17-21)20-30(35(33,34)25-7-2-1-3-8-25)19-22-9-12-24(13-10-22)26-18-28-15-16-29-26/h1-10,12-13,15-18H,11,14,19-20H2,(H,31,32). The second-order valence-electron chi connectivity index (χ2n) is 8.09. The molecule has 0 unspecified atom stereocenters. The van der Waals surface area contributed by atoms with Gasteiger partial charge in [0, 0.05) is 37.5 Å². The first-order chi connectivity index (χ1) is 16.9. The topological polar surface area (TPSA) is 100 Å². The van der Waals surface area contributed by atoms with E-state index in [4.69, 9.17) is 5.11 Å². The third kappa shape index (κ3) is 6.38. The number of nitrogens with zero attached hydrogens (tertiary/aromatic N) is 3. The Hall–Kier alpha value is -3.88. The first-order valence-corrected chi connectivity index (χ1v) is 12.6. The number of carboxylic acids is 1. The van der Waals surface area contributed by atoms with E-state index in [1.54, 1.807) is 48.9 Å². The van der Waals surface area contributed by atoms with Crippen molar-refractivity contribution in [1.82, 2.24) is 14.3 Å². The zero-order valence-corrected chi connectivity index (χ0v) is 19.8. The smallest absolute Gasteiger partial charge is 0.303 e. The van der Waals surface area contributed by atoms with Crippen LogP contribution >= 0.6 is 0 Å². The molecule has 3 aromatic carbocycles. The number of aliphatic carboxylic acids is 1. The minimum Gasteiger partial charge on any atom is -0.481 e. The van der Waals surface area contributed by atoms with Crippen LogP contribution in [0.4, 0.5) is 0 Å². The lowest BCUT2D eigenvalue weighted by molar-refractivity contribution is -0.136. The number of carbonyl (C=O) groups is 1. The van der Waals surface area contributed by atoms with Crippen molar-refractivity contribution in [1.29, 1.82) is 0 Å². The van der Waals surface area contributed by atoms with Crippen LogP contribution in [-0.2, 0) is 34.3 Å². The Morgan fingerprint density at radius 1 is 0.829 bits per heavy atom. The first kappa shape index (κ1) is 24.3. The van der Waals surface area contributed by atoms with Gasteiger partial charge in [-0.3, -0.25) is 14.8 Å². The average Bonchev–Trinajstić information content (AvgIpc) is 2.89. The summed E-state index contributed by atoms with van der Waals surface area (Å²) in [4.78, 5) is 19.6. The average molecular weight is 488 g/mol. The number of hydrogen-bond donors (Lipinski definition) is 1. The second-order valence-corrected chi connectivity index (χ2v) is 10.0. The molecule has 0 aliphatic rings. The van der Waals surface area contributed by atoms with E-state index in [-0.39, 0.29) is 24.4 Å². The molecule has 0 bridgehead atoms. The molecular weight excluding hydrogens is 462 g/mol. The molecule has 0 saturated carbocycles. The molecule has 1 aromatic heterocycles. The van der Waals surface area contributed by atoms with E-state index in [2.05, 4.69) is 9.97 Å². The molecule has 7 nitrogen and oxygen atoms in total. The third-order valence-electron chi connectivity index (χ3n) is 5.53. The molecule has 0 amide bonds. The fourth-order valence-corrected chi connectivity index (χ4v) is 5.18. The van der Waals surface area contributed by atoms with Crippen molar-refractivity contribution in [3.05, 3.63) is 114 Å². The fraction of sp³-hybridized carbons (Fsp3) is 0.148. The number of sulfonamides is 1. The van der Waals surface area contributed by atoms with Gasteiger partial charge in [-0.2, -0.15) is 4.31 Å². The normalized spacial score (nSPS) is 11.5. The van der Waals surface area contributed by atoms with Gasteiger partial charge >= 0.3 is 5.97 Å². The number of aromatic nitrogens is 2. The quantitative estimate of drug-likeness (QED) is 0.352. The maximum atomic E-state index is 13.6. The molecule has 0 saturated heterocycles. The van der Waals surface area contributed by atoms with Gasteiger partial charge in [0.05, 0.1) is 16.8 Å². The lowest BCUT2D eigenvalue weighted by atomic mass is 10.1. The van der Waals surface area contributed by atoms with E-state index in [1.807, 2.05) is 48.5 Å². The minimum absolute atomic E-state index is 0.0215. The Balaban J connectivity index is 1.61. The van der Waals surface area contributed by atoms with E-state index in [9.17, 15) is 13.2 Å². The second kappa shape index (κ2) is 11.0. The van der Waals surface area contributed by atoms with Crippen LogP contribution in [0.25, 0.3) is 11.3 Å². The van der Waals surface area contributed by atoms with Crippen LogP contribution in [0.2, 0.25) is 0 Å². The van der Waals surface area contributed by atoms with Crippen LogP contribution in [0.5, 0.6) is 0 Å². The first-order valence-electron chi connectivity index (χ1n) is 11.1. The highest BCUT2D eigenvalue weighted by Crippen LogP contribution is 2.23. The zero-order chi connectivity index (χ0) is 24.7. The number of rotatable bonds is 10. The van der Waals surface area contributed by atoms with E-state index in [0.29, 0.717) is 6.42 Å². The van der Waals surface area contributed by atoms with Gasteiger partial charge in [-0.15, -0.1) is 0 Å². The van der Waals surface area contributed by atoms with Crippen LogP contribution in [0.1, 0.15) is 23.1 Å². The molecule has 1 heterocycles. The van der Waals surface area contributed by atoms with Gasteiger partial charge < -0.3 is 5.11 Å². The molecule has 4 aromatic rings. The molecule has 0 aliphatic carbocycles. The van der Waals surface area contributed by atoms with Crippen LogP contribution in [0.3, 0.4) is 0 Å². The van der Waals surface area contributed by atoms with Crippen LogP contribution in [-0.4, -0.2) is 33.8 Å². The Kier molecular flexibility index (Phi) is 7.64. The Bertz CT molecular complexity index is 1380. The molecule has 0 spiro atoms. The van der Waals surface area contributed by atoms with Crippen molar-refractivity contribution in [3.63, 3.8) is 0 Å². The summed E-state index contributed by atoms with van der Waals surface area (Å²) < 4.78 is 28.6. The van der Waals surface area contributed by atoms with Crippen molar-refractivity contribution in [2.24, 2.45) is 0 Å². The third-order valence-corrected chi connectivity index (χ3v) is 7.34. The molecule has 0 aliphatic heterocycles. The summed E-state index contributed by atoms with van der Waals surface area (Å²) in [6.45, 7) is 0.335. The van der Waals surface area contributed by atoms with Gasteiger partial charge in [0.25, 0.3) is 0 Å². The molecule has 0 fully saturated rings. The highest BCUT2D eigenvalue weighted by atomic mass is 32.2. The van der Waals surface area contributed by atoms with Crippen molar-refractivity contribution >= 4 is 16.0 Å². The zero-order valence-electron chi connectivity index (χ0n) is 19.0. The summed E-state index contributed by atoms with van der Waals surface area (Å²) in [7, 11) is -3.78. The number of aryl methyl sites for hydroxylation is 1. The Labute approximate surface area is 204 Å². The fourth-order valence-electron chi connectivity index (χ4n) is 3.74. The number of carboxylic acid groups (broad SMARTS) is 1. The highest BCUT2D eigenvalue weighted by molar-refractivity contribution is 7.89. The van der Waals surface area contributed by atoms with Crippen molar-refractivity contribution in [2.75, 3.05) is 0 Å². The lowest BCUT2D eigenvalue weighted by Gasteiger charge is -2.23. The van der Waals surface area contributed by atoms with Gasteiger partial charge in [-0.25, -0.2) is 8.42 Å². The minimum atomic E-state index is -3.78. The predicted molar refractivity (Wildman–Crippen MR) is 133 cm³/mol. The Morgan fingerprint density at radius 3 is 2.23 bits per heavy atom. The van der Waals surface area contributed by atoms with Gasteiger partial charge in [0.1, 0.15) is 0 Å². The number of benzene rings is 3. The summed E-state index contributed by atoms with van der Waals surface area (Å²) in [5.74, 6) is -0.867. The lowest BCUT2D eigenvalue weighted by Crippen LogP contribution is -2.30. The summed E-state index contributed by atoms with van der Waals surface area (Å²) in [6.07, 6.45) is 5.33. The van der Waals surface area contributed by atoms with Gasteiger partial charge in [0.15, 0.2) is 0 Å². The molecule has 35 heavy (non-hydrogen) atoms. The van der Waals surface area contributed by atoms with Crippen LogP contribution in [0, 0.1) is 0 Å². The van der Waals surface area contributed by atoms with Crippen molar-refractivity contribution < 1.29 is 18.3 Å². The maximum Gasteiger partial charge on any atom is 0.303 e. The SMILES string of the molecule is O=C(O)CCc1cccc(CN(Cc2ccc(-c3cnccn3)cc2)S(=O)(=O)c2ccccc2)c1. The van der Waals surface area contributed by atoms with E-state index >= 15 is 0 Å². The van der Waals surface area contributed by atoms with Crippen LogP contribution in [0.15, 0.2) is 102 Å². The maximum absolute atomic E-state index is 13.6. The summed E-state index contributed by atoms with van der Waals surface area (Å²) in [5.41, 5.74) is 4.12. The molecule has 0 radical (unpaired) electrons. The van der Waals surface area contributed by atoms with E-state index in [0.717, 1.165) is 27.9 Å². The Morgan fingerprint density at radius 2 is 1.54 bits per heavy atom. The summed E-state index contributed by atoms with van der Waals surface area (Å²) in [6, 6.07) is 23.3. The van der Waals surface area contributed by atoms with Gasteiger partial charge in [-0.05, 0) is 35.2 Å². The highest BCUT2D eigenvalue weighted by Gasteiger charge is 2.25. The predicted octanol–water partition coefficient (Wildman–Crippen LogP) is 4.55.